The van der Waals surface area contributed by atoms with Crippen LogP contribution < -0.4 is 5.32 Å². The van der Waals surface area contributed by atoms with Gasteiger partial charge in [-0.2, -0.15) is 0 Å². The fraction of sp³-hybridized carbons (Fsp3) is 0.500. The second-order valence-electron chi connectivity index (χ2n) is 4.20. The van der Waals surface area contributed by atoms with Crippen molar-refractivity contribution in [3.8, 4) is 0 Å². The normalized spacial score (nSPS) is 12.1. The molecule has 1 rings (SSSR count). The summed E-state index contributed by atoms with van der Waals surface area (Å²) in [6, 6.07) is 3.93. The van der Waals surface area contributed by atoms with Crippen molar-refractivity contribution in [1.82, 2.24) is 5.32 Å². The Morgan fingerprint density at radius 2 is 2.18 bits per heavy atom. The van der Waals surface area contributed by atoms with Crippen molar-refractivity contribution < 1.29 is 14.7 Å². The van der Waals surface area contributed by atoms with Crippen molar-refractivity contribution in [3.63, 3.8) is 0 Å². The van der Waals surface area contributed by atoms with Crippen LogP contribution in [0.3, 0.4) is 0 Å². The average molecular weight is 255 g/mol. The lowest BCUT2D eigenvalue weighted by molar-refractivity contribution is -0.138. The van der Waals surface area contributed by atoms with Gasteiger partial charge in [0.05, 0.1) is 6.42 Å². The molecule has 1 unspecified atom stereocenters. The van der Waals surface area contributed by atoms with Gasteiger partial charge in [-0.05, 0) is 25.0 Å². The lowest BCUT2D eigenvalue weighted by atomic mass is 10.1. The van der Waals surface area contributed by atoms with Gasteiger partial charge in [-0.3, -0.25) is 9.59 Å². The lowest BCUT2D eigenvalue weighted by Gasteiger charge is -2.09. The third-order valence-electron chi connectivity index (χ3n) is 2.30. The zero-order valence-electron chi connectivity index (χ0n) is 10.0. The van der Waals surface area contributed by atoms with Crippen molar-refractivity contribution in [1.29, 1.82) is 0 Å². The van der Waals surface area contributed by atoms with E-state index >= 15 is 0 Å². The minimum absolute atomic E-state index is 0.0403. The molecule has 17 heavy (non-hydrogen) atoms. The predicted octanol–water partition coefficient (Wildman–Crippen LogP) is 1.83. The molecule has 0 aliphatic heterocycles. The van der Waals surface area contributed by atoms with Crippen LogP contribution in [-0.2, 0) is 16.0 Å². The first-order valence-electron chi connectivity index (χ1n) is 5.51. The van der Waals surface area contributed by atoms with Crippen LogP contribution in [0.1, 0.15) is 23.1 Å². The standard InChI is InChI=1S/C12H17NO3S/c1-8(5-12(15)16)7-13-11(14)6-10-4-3-9(2)17-10/h3-4,8H,5-7H2,1-2H3,(H,13,14)(H,15,16). The van der Waals surface area contributed by atoms with E-state index in [1.54, 1.807) is 11.3 Å². The molecular weight excluding hydrogens is 238 g/mol. The molecule has 5 heteroatoms. The number of aliphatic carboxylic acids is 1. The number of carbonyl (C=O) groups is 2. The van der Waals surface area contributed by atoms with Crippen molar-refractivity contribution >= 4 is 23.2 Å². The summed E-state index contributed by atoms with van der Waals surface area (Å²) >= 11 is 1.61. The highest BCUT2D eigenvalue weighted by Gasteiger charge is 2.10. The van der Waals surface area contributed by atoms with Crippen LogP contribution in [0.4, 0.5) is 0 Å². The van der Waals surface area contributed by atoms with Gasteiger partial charge in [-0.1, -0.05) is 6.92 Å². The smallest absolute Gasteiger partial charge is 0.303 e. The summed E-state index contributed by atoms with van der Waals surface area (Å²) in [5.41, 5.74) is 0. The first-order valence-corrected chi connectivity index (χ1v) is 6.33. The maximum absolute atomic E-state index is 11.6. The Morgan fingerprint density at radius 3 is 2.71 bits per heavy atom. The number of nitrogens with one attached hydrogen (secondary N) is 1. The molecular formula is C12H17NO3S. The quantitative estimate of drug-likeness (QED) is 0.815. The Bertz CT molecular complexity index is 400. The maximum Gasteiger partial charge on any atom is 0.303 e. The first-order chi connectivity index (χ1) is 7.97. The van der Waals surface area contributed by atoms with Gasteiger partial charge in [0, 0.05) is 22.7 Å². The van der Waals surface area contributed by atoms with E-state index in [0.717, 1.165) is 4.88 Å². The molecule has 0 aromatic carbocycles. The van der Waals surface area contributed by atoms with Crippen LogP contribution in [0.25, 0.3) is 0 Å². The highest BCUT2D eigenvalue weighted by atomic mass is 32.1. The molecule has 0 radical (unpaired) electrons. The number of rotatable bonds is 6. The van der Waals surface area contributed by atoms with E-state index in [1.165, 1.54) is 4.88 Å². The highest BCUT2D eigenvalue weighted by Crippen LogP contribution is 2.15. The second kappa shape index (κ2) is 6.39. The molecule has 0 saturated heterocycles. The number of hydrogen-bond donors (Lipinski definition) is 2. The van der Waals surface area contributed by atoms with E-state index in [1.807, 2.05) is 26.0 Å². The average Bonchev–Trinajstić information content (AvgIpc) is 2.60. The monoisotopic (exact) mass is 255 g/mol. The Kier molecular flexibility index (Phi) is 5.15. The van der Waals surface area contributed by atoms with E-state index in [0.29, 0.717) is 13.0 Å². The van der Waals surface area contributed by atoms with Gasteiger partial charge in [0.2, 0.25) is 5.91 Å². The summed E-state index contributed by atoms with van der Waals surface area (Å²) in [7, 11) is 0. The van der Waals surface area contributed by atoms with Crippen LogP contribution in [0.15, 0.2) is 12.1 Å². The van der Waals surface area contributed by atoms with Crippen molar-refractivity contribution in [2.24, 2.45) is 5.92 Å². The summed E-state index contributed by atoms with van der Waals surface area (Å²) in [5.74, 6) is -0.925. The van der Waals surface area contributed by atoms with Crippen LogP contribution >= 0.6 is 11.3 Å². The zero-order chi connectivity index (χ0) is 12.8. The van der Waals surface area contributed by atoms with Gasteiger partial charge in [-0.25, -0.2) is 0 Å². The summed E-state index contributed by atoms with van der Waals surface area (Å²) in [5, 5.41) is 11.3. The molecule has 1 heterocycles. The summed E-state index contributed by atoms with van der Waals surface area (Å²) in [6.07, 6.45) is 0.455. The number of carboxylic acid groups (broad SMARTS) is 1. The maximum atomic E-state index is 11.6. The molecule has 1 atom stereocenters. The second-order valence-corrected chi connectivity index (χ2v) is 5.57. The number of thiophene rings is 1. The van der Waals surface area contributed by atoms with Gasteiger partial charge >= 0.3 is 5.97 Å². The lowest BCUT2D eigenvalue weighted by Crippen LogP contribution is -2.30. The fourth-order valence-electron chi connectivity index (χ4n) is 1.46. The van der Waals surface area contributed by atoms with Crippen molar-refractivity contribution in [2.75, 3.05) is 6.54 Å². The van der Waals surface area contributed by atoms with Gasteiger partial charge in [-0.15, -0.1) is 11.3 Å². The van der Waals surface area contributed by atoms with Crippen LogP contribution in [0, 0.1) is 12.8 Å². The van der Waals surface area contributed by atoms with Gasteiger partial charge in [0.1, 0.15) is 0 Å². The Morgan fingerprint density at radius 1 is 1.47 bits per heavy atom. The molecule has 0 aliphatic carbocycles. The number of carboxylic acids is 1. The Hall–Kier alpha value is -1.36. The van der Waals surface area contributed by atoms with Crippen LogP contribution in [-0.4, -0.2) is 23.5 Å². The zero-order valence-corrected chi connectivity index (χ0v) is 10.8. The highest BCUT2D eigenvalue weighted by molar-refractivity contribution is 7.12. The van der Waals surface area contributed by atoms with Crippen LogP contribution in [0.2, 0.25) is 0 Å². The molecule has 1 amide bonds. The number of hydrogen-bond acceptors (Lipinski definition) is 3. The molecule has 1 aromatic heterocycles. The topological polar surface area (TPSA) is 66.4 Å². The minimum Gasteiger partial charge on any atom is -0.481 e. The predicted molar refractivity (Wildman–Crippen MR) is 67.2 cm³/mol. The molecule has 1 aromatic rings. The molecule has 0 spiro atoms. The Balaban J connectivity index is 2.28. The van der Waals surface area contributed by atoms with E-state index in [-0.39, 0.29) is 18.2 Å². The number of carbonyl (C=O) groups excluding carboxylic acids is 1. The third-order valence-corrected chi connectivity index (χ3v) is 3.30. The summed E-state index contributed by atoms with van der Waals surface area (Å²) < 4.78 is 0. The molecule has 2 N–H and O–H groups in total. The van der Waals surface area contributed by atoms with Crippen molar-refractivity contribution in [3.05, 3.63) is 21.9 Å². The SMILES string of the molecule is Cc1ccc(CC(=O)NCC(C)CC(=O)O)s1. The molecule has 0 fully saturated rings. The molecule has 0 aliphatic rings. The van der Waals surface area contributed by atoms with E-state index in [9.17, 15) is 9.59 Å². The van der Waals surface area contributed by atoms with Gasteiger partial charge in [0.25, 0.3) is 0 Å². The molecule has 4 nitrogen and oxygen atoms in total. The van der Waals surface area contributed by atoms with E-state index in [4.69, 9.17) is 5.11 Å². The summed E-state index contributed by atoms with van der Waals surface area (Å²) in [4.78, 5) is 24.2. The van der Waals surface area contributed by atoms with Crippen LogP contribution in [0.5, 0.6) is 0 Å². The molecule has 0 bridgehead atoms. The Labute approximate surface area is 105 Å². The fourth-order valence-corrected chi connectivity index (χ4v) is 2.35. The minimum atomic E-state index is -0.833. The van der Waals surface area contributed by atoms with E-state index in [2.05, 4.69) is 5.32 Å². The molecule has 94 valence electrons. The van der Waals surface area contributed by atoms with E-state index < -0.39 is 5.97 Å². The van der Waals surface area contributed by atoms with Crippen molar-refractivity contribution in [2.45, 2.75) is 26.7 Å². The largest absolute Gasteiger partial charge is 0.481 e. The third kappa shape index (κ3) is 5.49. The van der Waals surface area contributed by atoms with Gasteiger partial charge < -0.3 is 10.4 Å². The molecule has 0 saturated carbocycles. The number of aryl methyl sites for hydroxylation is 1. The first kappa shape index (κ1) is 13.7. The summed E-state index contributed by atoms with van der Waals surface area (Å²) in [6.45, 7) is 4.22. The van der Waals surface area contributed by atoms with Gasteiger partial charge in [0.15, 0.2) is 0 Å². The number of amides is 1.